The monoisotopic (exact) mass is 263 g/mol. The van der Waals surface area contributed by atoms with Gasteiger partial charge < -0.3 is 20.3 Å². The standard InChI is InChI=1S/C9H17NO6Si/c1-2-3-10-17(4-7(11)12,5-8(13)14)6-9(15)16/h10H,2-6H2,1H3,(H,11,12)(H,13,14)(H,15,16). The summed E-state index contributed by atoms with van der Waals surface area (Å²) in [5.74, 6) is -3.49. The van der Waals surface area contributed by atoms with Gasteiger partial charge >= 0.3 is 17.9 Å². The van der Waals surface area contributed by atoms with Crippen LogP contribution in [0, 0.1) is 0 Å². The lowest BCUT2D eigenvalue weighted by atomic mass is 10.5. The molecule has 0 atom stereocenters. The molecule has 0 radical (unpaired) electrons. The molecule has 17 heavy (non-hydrogen) atoms. The number of rotatable bonds is 9. The van der Waals surface area contributed by atoms with Gasteiger partial charge in [0.25, 0.3) is 0 Å². The molecule has 0 aliphatic carbocycles. The Morgan fingerprint density at radius 2 is 1.29 bits per heavy atom. The number of carboxylic acid groups (broad SMARTS) is 3. The summed E-state index contributed by atoms with van der Waals surface area (Å²) in [5, 5.41) is 26.3. The number of hydrogen-bond acceptors (Lipinski definition) is 4. The minimum absolute atomic E-state index is 0.397. The second kappa shape index (κ2) is 7.02. The van der Waals surface area contributed by atoms with Crippen molar-refractivity contribution < 1.29 is 29.7 Å². The van der Waals surface area contributed by atoms with Gasteiger partial charge in [0.05, 0.1) is 18.1 Å². The summed E-state index contributed by atoms with van der Waals surface area (Å²) >= 11 is 0. The highest BCUT2D eigenvalue weighted by molar-refractivity contribution is 6.84. The molecule has 0 saturated heterocycles. The number of carbonyl (C=O) groups is 3. The number of aliphatic carboxylic acids is 3. The van der Waals surface area contributed by atoms with E-state index < -0.39 is 44.3 Å². The van der Waals surface area contributed by atoms with Gasteiger partial charge in [-0.2, -0.15) is 0 Å². The van der Waals surface area contributed by atoms with Crippen molar-refractivity contribution in [3.8, 4) is 0 Å². The second-order valence-electron chi connectivity index (χ2n) is 3.92. The zero-order valence-electron chi connectivity index (χ0n) is 9.60. The Balaban J connectivity index is 4.95. The fourth-order valence-electron chi connectivity index (χ4n) is 1.63. The lowest BCUT2D eigenvalue weighted by Crippen LogP contribution is -2.54. The summed E-state index contributed by atoms with van der Waals surface area (Å²) in [4.78, 5) is 35.1. The molecule has 0 unspecified atom stereocenters. The molecule has 0 aliphatic rings. The first-order chi connectivity index (χ1) is 7.81. The van der Waals surface area contributed by atoms with Crippen LogP contribution in [0.5, 0.6) is 0 Å². The predicted octanol–water partition coefficient (Wildman–Crippen LogP) is 0.185. The van der Waals surface area contributed by atoms with Crippen molar-refractivity contribution in [2.75, 3.05) is 6.54 Å². The topological polar surface area (TPSA) is 124 Å². The van der Waals surface area contributed by atoms with Crippen molar-refractivity contribution in [3.05, 3.63) is 0 Å². The first kappa shape index (κ1) is 15.6. The molecule has 0 rings (SSSR count). The lowest BCUT2D eigenvalue weighted by molar-refractivity contribution is -0.134. The van der Waals surface area contributed by atoms with Gasteiger partial charge in [0.1, 0.15) is 0 Å². The summed E-state index contributed by atoms with van der Waals surface area (Å²) in [6, 6.07) is -1.19. The van der Waals surface area contributed by atoms with E-state index in [4.69, 9.17) is 15.3 Å². The van der Waals surface area contributed by atoms with E-state index in [1.54, 1.807) is 0 Å². The zero-order chi connectivity index (χ0) is 13.5. The van der Waals surface area contributed by atoms with Crippen LogP contribution in [-0.4, -0.2) is 48.0 Å². The lowest BCUT2D eigenvalue weighted by Gasteiger charge is -2.27. The third-order valence-electron chi connectivity index (χ3n) is 2.22. The SMILES string of the molecule is CCCN[Si](CC(=O)O)(CC(=O)O)CC(=O)O. The van der Waals surface area contributed by atoms with E-state index in [0.717, 1.165) is 0 Å². The smallest absolute Gasteiger partial charge is 0.301 e. The van der Waals surface area contributed by atoms with Crippen LogP contribution in [0.3, 0.4) is 0 Å². The minimum Gasteiger partial charge on any atom is -0.481 e. The van der Waals surface area contributed by atoms with Crippen LogP contribution in [0.4, 0.5) is 0 Å². The maximum atomic E-state index is 10.7. The molecule has 4 N–H and O–H groups in total. The quantitative estimate of drug-likeness (QED) is 0.437. The molecule has 0 aromatic carbocycles. The van der Waals surface area contributed by atoms with Crippen LogP contribution in [0.15, 0.2) is 0 Å². The molecule has 0 saturated carbocycles. The Morgan fingerprint density at radius 3 is 1.53 bits per heavy atom. The van der Waals surface area contributed by atoms with Crippen LogP contribution < -0.4 is 4.98 Å². The average Bonchev–Trinajstić information content (AvgIpc) is 2.11. The van der Waals surface area contributed by atoms with E-state index in [0.29, 0.717) is 13.0 Å². The molecule has 8 heteroatoms. The molecule has 98 valence electrons. The van der Waals surface area contributed by atoms with Crippen molar-refractivity contribution in [3.63, 3.8) is 0 Å². The molecule has 0 aromatic heterocycles. The average molecular weight is 263 g/mol. The van der Waals surface area contributed by atoms with Gasteiger partial charge in [-0.3, -0.25) is 14.4 Å². The van der Waals surface area contributed by atoms with Gasteiger partial charge in [-0.05, 0) is 13.0 Å². The largest absolute Gasteiger partial charge is 0.481 e. The third kappa shape index (κ3) is 6.69. The maximum absolute atomic E-state index is 10.7. The third-order valence-corrected chi connectivity index (χ3v) is 6.16. The van der Waals surface area contributed by atoms with Gasteiger partial charge in [0.15, 0.2) is 8.24 Å². The molecule has 0 bridgehead atoms. The van der Waals surface area contributed by atoms with Gasteiger partial charge in [-0.25, -0.2) is 0 Å². The van der Waals surface area contributed by atoms with E-state index in [1.165, 1.54) is 0 Å². The Morgan fingerprint density at radius 1 is 0.941 bits per heavy atom. The van der Waals surface area contributed by atoms with Crippen LogP contribution in [-0.2, 0) is 14.4 Å². The van der Waals surface area contributed by atoms with E-state index in [9.17, 15) is 14.4 Å². The highest BCUT2D eigenvalue weighted by Crippen LogP contribution is 2.18. The molecule has 0 fully saturated rings. The second-order valence-corrected chi connectivity index (χ2v) is 7.89. The van der Waals surface area contributed by atoms with Crippen LogP contribution in [0.1, 0.15) is 13.3 Å². The van der Waals surface area contributed by atoms with E-state index in [1.807, 2.05) is 6.92 Å². The van der Waals surface area contributed by atoms with E-state index in [-0.39, 0.29) is 0 Å². The van der Waals surface area contributed by atoms with Gasteiger partial charge in [0, 0.05) is 0 Å². The molecular formula is C9H17NO6Si. The summed E-state index contributed by atoms with van der Waals surface area (Å²) in [7, 11) is -3.05. The first-order valence-corrected chi connectivity index (χ1v) is 7.84. The predicted molar refractivity (Wildman–Crippen MR) is 61.4 cm³/mol. The van der Waals surface area contributed by atoms with Gasteiger partial charge in [-0.1, -0.05) is 6.92 Å². The van der Waals surface area contributed by atoms with E-state index in [2.05, 4.69) is 4.98 Å². The minimum atomic E-state index is -3.05. The fourth-order valence-corrected chi connectivity index (χ4v) is 4.90. The highest BCUT2D eigenvalue weighted by Gasteiger charge is 2.40. The molecule has 0 aromatic rings. The Bertz CT molecular complexity index is 265. The van der Waals surface area contributed by atoms with Crippen molar-refractivity contribution in [1.82, 2.24) is 4.98 Å². The molecule has 0 heterocycles. The molecule has 0 spiro atoms. The fraction of sp³-hybridized carbons (Fsp3) is 0.667. The first-order valence-electron chi connectivity index (χ1n) is 5.22. The summed E-state index contributed by atoms with van der Waals surface area (Å²) in [6.07, 6.45) is 0.688. The summed E-state index contributed by atoms with van der Waals surface area (Å²) < 4.78 is 0. The maximum Gasteiger partial charge on any atom is 0.301 e. The van der Waals surface area contributed by atoms with Gasteiger partial charge in [0.2, 0.25) is 0 Å². The van der Waals surface area contributed by atoms with Crippen molar-refractivity contribution in [1.29, 1.82) is 0 Å². The Hall–Kier alpha value is -1.41. The van der Waals surface area contributed by atoms with Crippen LogP contribution in [0.2, 0.25) is 18.1 Å². The Kier molecular flexibility index (Phi) is 6.44. The zero-order valence-corrected chi connectivity index (χ0v) is 10.6. The van der Waals surface area contributed by atoms with Crippen LogP contribution in [0.25, 0.3) is 0 Å². The van der Waals surface area contributed by atoms with Crippen molar-refractivity contribution in [2.24, 2.45) is 0 Å². The normalized spacial score (nSPS) is 11.1. The van der Waals surface area contributed by atoms with Crippen LogP contribution >= 0.6 is 0 Å². The molecule has 0 amide bonds. The number of nitrogens with one attached hydrogen (secondary N) is 1. The number of hydrogen-bond donors (Lipinski definition) is 4. The Labute approximate surface area is 99.5 Å². The highest BCUT2D eigenvalue weighted by atomic mass is 28.3. The number of carboxylic acids is 3. The van der Waals surface area contributed by atoms with Gasteiger partial charge in [-0.15, -0.1) is 0 Å². The summed E-state index contributed by atoms with van der Waals surface area (Å²) in [6.45, 7) is 2.27. The summed E-state index contributed by atoms with van der Waals surface area (Å²) in [5.41, 5.74) is 0. The van der Waals surface area contributed by atoms with Crippen molar-refractivity contribution >= 4 is 26.1 Å². The molecular weight excluding hydrogens is 246 g/mol. The molecule has 7 nitrogen and oxygen atoms in total. The van der Waals surface area contributed by atoms with Crippen molar-refractivity contribution in [2.45, 2.75) is 31.5 Å². The molecule has 0 aliphatic heterocycles. The van der Waals surface area contributed by atoms with E-state index >= 15 is 0 Å².